The average Bonchev–Trinajstić information content (AvgIpc) is 3.01. The van der Waals surface area contributed by atoms with Crippen LogP contribution in [0, 0.1) is 0 Å². The second-order valence-corrected chi connectivity index (χ2v) is 10.5. The second kappa shape index (κ2) is 11.8. The lowest BCUT2D eigenvalue weighted by Crippen LogP contribution is -2.11. The second-order valence-electron chi connectivity index (χ2n) is 10.5. The summed E-state index contributed by atoms with van der Waals surface area (Å²) in [6, 6.07) is 28.7. The van der Waals surface area contributed by atoms with Gasteiger partial charge in [-0.2, -0.15) is 10.2 Å². The zero-order valence-corrected chi connectivity index (χ0v) is 22.7. The number of fused-ring (bicyclic) bond motifs is 5. The van der Waals surface area contributed by atoms with Crippen molar-refractivity contribution in [3.05, 3.63) is 137 Å². The number of hydrogen-bond acceptors (Lipinski definition) is 3. The van der Waals surface area contributed by atoms with Crippen LogP contribution in [0.2, 0.25) is 0 Å². The summed E-state index contributed by atoms with van der Waals surface area (Å²) in [4.78, 5) is 0. The number of allylic oxidation sites excluding steroid dienone is 4. The van der Waals surface area contributed by atoms with Crippen LogP contribution in [0.25, 0.3) is 27.1 Å². The standard InChI is InChI=1S/C28H29N.C8H6N2/c1-2-29-19-21-12-10-20(11-13-21)18-24-8-5-7-23-15-16-26-25-9-4-3-6-22(25)14-17-27(26)28(23)24;1-2-4-8-6-10-9-5-7(8)3-1/h4-5,7-13,15-16,29H,2-3,6,14,17-19H2,1H3;1-6H. The smallest absolute Gasteiger partial charge is 0.0574 e. The summed E-state index contributed by atoms with van der Waals surface area (Å²) in [5.41, 5.74) is 10.4. The molecule has 0 aliphatic heterocycles. The normalized spacial score (nSPS) is 14.1. The third kappa shape index (κ3) is 5.55. The first-order valence-electron chi connectivity index (χ1n) is 14.2. The van der Waals surface area contributed by atoms with Crippen LogP contribution in [0.4, 0.5) is 0 Å². The van der Waals surface area contributed by atoms with Gasteiger partial charge in [-0.1, -0.05) is 104 Å². The van der Waals surface area contributed by atoms with Crippen molar-refractivity contribution in [2.24, 2.45) is 0 Å². The molecule has 39 heavy (non-hydrogen) atoms. The number of aryl methyl sites for hydroxylation is 1. The molecule has 2 aliphatic rings. The van der Waals surface area contributed by atoms with Crippen LogP contribution in [0.5, 0.6) is 0 Å². The maximum absolute atomic E-state index is 3.76. The van der Waals surface area contributed by atoms with Gasteiger partial charge >= 0.3 is 0 Å². The maximum atomic E-state index is 3.76. The van der Waals surface area contributed by atoms with Crippen molar-refractivity contribution in [3.63, 3.8) is 0 Å². The van der Waals surface area contributed by atoms with Gasteiger partial charge in [0, 0.05) is 17.3 Å². The molecule has 1 aromatic heterocycles. The van der Waals surface area contributed by atoms with Crippen molar-refractivity contribution in [2.45, 2.75) is 45.6 Å². The Morgan fingerprint density at radius 3 is 2.23 bits per heavy atom. The van der Waals surface area contributed by atoms with E-state index in [-0.39, 0.29) is 0 Å². The highest BCUT2D eigenvalue weighted by molar-refractivity contribution is 5.96. The number of aromatic nitrogens is 2. The van der Waals surface area contributed by atoms with Crippen molar-refractivity contribution in [1.82, 2.24) is 15.5 Å². The predicted molar refractivity (Wildman–Crippen MR) is 164 cm³/mol. The van der Waals surface area contributed by atoms with Gasteiger partial charge in [-0.25, -0.2) is 0 Å². The molecule has 0 saturated heterocycles. The quantitative estimate of drug-likeness (QED) is 0.259. The van der Waals surface area contributed by atoms with Gasteiger partial charge in [-0.15, -0.1) is 0 Å². The first kappa shape index (κ1) is 25.2. The Morgan fingerprint density at radius 2 is 1.46 bits per heavy atom. The molecule has 0 unspecified atom stereocenters. The van der Waals surface area contributed by atoms with Gasteiger partial charge in [0.2, 0.25) is 0 Å². The minimum atomic E-state index is 0.948. The summed E-state index contributed by atoms with van der Waals surface area (Å²) in [6.45, 7) is 4.11. The maximum Gasteiger partial charge on any atom is 0.0574 e. The molecule has 4 aromatic carbocycles. The Hall–Kier alpha value is -4.08. The first-order chi connectivity index (χ1) is 19.3. The minimum absolute atomic E-state index is 0.948. The van der Waals surface area contributed by atoms with E-state index in [0.717, 1.165) is 30.3 Å². The lowest BCUT2D eigenvalue weighted by molar-refractivity contribution is 0.726. The van der Waals surface area contributed by atoms with Gasteiger partial charge in [0.25, 0.3) is 0 Å². The highest BCUT2D eigenvalue weighted by atomic mass is 15.1. The molecular formula is C36H35N3. The van der Waals surface area contributed by atoms with Gasteiger partial charge in [-0.05, 0) is 82.8 Å². The summed E-state index contributed by atoms with van der Waals surface area (Å²) in [6.07, 6.45) is 14.1. The molecule has 0 bridgehead atoms. The molecule has 0 fully saturated rings. The predicted octanol–water partition coefficient (Wildman–Crippen LogP) is 8.22. The number of nitrogens with one attached hydrogen (secondary N) is 1. The monoisotopic (exact) mass is 509 g/mol. The van der Waals surface area contributed by atoms with Crippen molar-refractivity contribution in [2.75, 3.05) is 6.54 Å². The van der Waals surface area contributed by atoms with Crippen molar-refractivity contribution in [1.29, 1.82) is 0 Å². The summed E-state index contributed by atoms with van der Waals surface area (Å²) in [7, 11) is 0. The molecule has 5 aromatic rings. The third-order valence-corrected chi connectivity index (χ3v) is 7.94. The Morgan fingerprint density at radius 1 is 0.718 bits per heavy atom. The fourth-order valence-electron chi connectivity index (χ4n) is 5.92. The van der Waals surface area contributed by atoms with Crippen LogP contribution in [-0.2, 0) is 19.4 Å². The van der Waals surface area contributed by atoms with Crippen molar-refractivity contribution < 1.29 is 0 Å². The molecule has 3 heteroatoms. The van der Waals surface area contributed by atoms with Gasteiger partial charge in [0.1, 0.15) is 0 Å². The molecule has 0 saturated carbocycles. The fraction of sp³-hybridized carbons (Fsp3) is 0.222. The van der Waals surface area contributed by atoms with Crippen molar-refractivity contribution in [3.8, 4) is 0 Å². The number of rotatable bonds is 5. The number of nitrogens with zero attached hydrogens (tertiary/aromatic N) is 2. The van der Waals surface area contributed by atoms with Crippen LogP contribution in [0.15, 0.2) is 109 Å². The van der Waals surface area contributed by atoms with E-state index in [1.807, 2.05) is 24.3 Å². The lowest BCUT2D eigenvalue weighted by Gasteiger charge is -2.26. The average molecular weight is 510 g/mol. The molecule has 0 amide bonds. The fourth-order valence-corrected chi connectivity index (χ4v) is 5.92. The Balaban J connectivity index is 0.000000231. The van der Waals surface area contributed by atoms with Gasteiger partial charge in [0.15, 0.2) is 0 Å². The topological polar surface area (TPSA) is 37.8 Å². The largest absolute Gasteiger partial charge is 0.313 e. The summed E-state index contributed by atoms with van der Waals surface area (Å²) in [5.74, 6) is 0. The molecule has 7 rings (SSSR count). The summed E-state index contributed by atoms with van der Waals surface area (Å²) in [5, 5.41) is 16.1. The lowest BCUT2D eigenvalue weighted by atomic mass is 9.78. The van der Waals surface area contributed by atoms with Crippen LogP contribution in [0.3, 0.4) is 0 Å². The zero-order chi connectivity index (χ0) is 26.4. The van der Waals surface area contributed by atoms with Crippen molar-refractivity contribution >= 4 is 27.1 Å². The summed E-state index contributed by atoms with van der Waals surface area (Å²) < 4.78 is 0. The molecule has 1 heterocycles. The number of benzene rings is 4. The van der Waals surface area contributed by atoms with Gasteiger partial charge in [-0.3, -0.25) is 0 Å². The summed E-state index contributed by atoms with van der Waals surface area (Å²) >= 11 is 0. The van der Waals surface area contributed by atoms with E-state index in [2.05, 4.69) is 89.2 Å². The van der Waals surface area contributed by atoms with E-state index in [4.69, 9.17) is 0 Å². The Bertz CT molecular complexity index is 1600. The van der Waals surface area contributed by atoms with E-state index in [0.29, 0.717) is 0 Å². The van der Waals surface area contributed by atoms with E-state index in [9.17, 15) is 0 Å². The molecular weight excluding hydrogens is 474 g/mol. The zero-order valence-electron chi connectivity index (χ0n) is 22.7. The SMILES string of the molecule is CCNCc1ccc(Cc2cccc3ccc4c(c23)CCC2=C4C=CCC2)cc1.c1ccc2cnncc2c1. The Labute approximate surface area is 231 Å². The van der Waals surface area contributed by atoms with Gasteiger partial charge < -0.3 is 5.32 Å². The number of hydrogen-bond donors (Lipinski definition) is 1. The molecule has 3 nitrogen and oxygen atoms in total. The van der Waals surface area contributed by atoms with E-state index in [1.54, 1.807) is 23.5 Å². The van der Waals surface area contributed by atoms with E-state index >= 15 is 0 Å². The molecule has 0 radical (unpaired) electrons. The molecule has 1 N–H and O–H groups in total. The van der Waals surface area contributed by atoms with Gasteiger partial charge in [0.05, 0.1) is 12.4 Å². The molecule has 2 aliphatic carbocycles. The third-order valence-electron chi connectivity index (χ3n) is 7.94. The molecule has 194 valence electrons. The highest BCUT2D eigenvalue weighted by Gasteiger charge is 2.21. The van der Waals surface area contributed by atoms with E-state index in [1.165, 1.54) is 64.3 Å². The van der Waals surface area contributed by atoms with Crippen LogP contribution < -0.4 is 5.32 Å². The Kier molecular flexibility index (Phi) is 7.60. The first-order valence-corrected chi connectivity index (χ1v) is 14.2. The highest BCUT2D eigenvalue weighted by Crippen LogP contribution is 2.41. The molecule has 0 atom stereocenters. The van der Waals surface area contributed by atoms with Crippen LogP contribution in [-0.4, -0.2) is 16.7 Å². The van der Waals surface area contributed by atoms with Crippen LogP contribution >= 0.6 is 0 Å². The van der Waals surface area contributed by atoms with Crippen LogP contribution in [0.1, 0.15) is 54.0 Å². The van der Waals surface area contributed by atoms with E-state index < -0.39 is 0 Å². The molecule has 0 spiro atoms. The minimum Gasteiger partial charge on any atom is -0.313 e.